The van der Waals surface area contributed by atoms with Crippen molar-refractivity contribution in [3.8, 4) is 0 Å². The van der Waals surface area contributed by atoms with E-state index in [1.54, 1.807) is 0 Å². The Bertz CT molecular complexity index is 4.69. The first kappa shape index (κ1) is 11600. The molecule has 0 aromatic carbocycles. The molecule has 0 saturated carbocycles. The van der Waals surface area contributed by atoms with Gasteiger partial charge in [-0.3, -0.25) is 0 Å². The topological polar surface area (TPSA) is 284 Å². The van der Waals surface area contributed by atoms with E-state index in [9.17, 15) is 0 Å². The van der Waals surface area contributed by atoms with E-state index in [1.807, 2.05) is 0 Å². The van der Waals surface area contributed by atoms with Crippen LogP contribution in [0.4, 0.5) is 0 Å². The zero-order chi connectivity index (χ0) is 0. The van der Waals surface area contributed by atoms with Crippen molar-refractivity contribution in [3.05, 3.63) is 0 Å². The Hall–Kier alpha value is 0.276. The fourth-order valence-electron chi connectivity index (χ4n) is 0. The van der Waals surface area contributed by atoms with Crippen molar-refractivity contribution in [1.29, 1.82) is 0 Å². The molecule has 0 aromatic heterocycles. The molecule has 0 unspecified atom stereocenters. The second-order valence-electron chi connectivity index (χ2n) is 0. The second-order valence-corrected chi connectivity index (χ2v) is 0. The summed E-state index contributed by atoms with van der Waals surface area (Å²) >= 11 is 0. The van der Waals surface area contributed by atoms with E-state index in [0.29, 0.717) is 0 Å². The standard InChI is InChI=1S/Ga.9H2O.3H/h;9*1H2;;;. The molecule has 0 aliphatic carbocycles. The third kappa shape index (κ3) is 5740. The summed E-state index contributed by atoms with van der Waals surface area (Å²) in [6, 6.07) is 0. The zero-order valence-corrected chi connectivity index (χ0v) is 4.50. The van der Waals surface area contributed by atoms with Crippen LogP contribution in [0.15, 0.2) is 0 Å². The molecule has 0 radical (unpaired) electrons. The molecule has 0 atom stereocenters. The molecule has 0 heterocycles. The molecule has 10 heteroatoms. The molecule has 0 fully saturated rings. The van der Waals surface area contributed by atoms with E-state index >= 15 is 0 Å². The Morgan fingerprint density at radius 2 is 0.200 bits per heavy atom. The molecule has 0 aromatic rings. The van der Waals surface area contributed by atoms with E-state index in [4.69, 9.17) is 0 Å². The summed E-state index contributed by atoms with van der Waals surface area (Å²) < 4.78 is 0. The van der Waals surface area contributed by atoms with Gasteiger partial charge in [-0.1, -0.05) is 0 Å². The normalized spacial score (nSPS) is 0. The van der Waals surface area contributed by atoms with Crippen LogP contribution in [0.3, 0.4) is 0 Å². The minimum absolute atomic E-state index is 0. The molecule has 0 bridgehead atoms. The Kier molecular flexibility index (Phi) is 9630000. The van der Waals surface area contributed by atoms with Crippen LogP contribution in [0, 0.1) is 0 Å². The molecule has 0 amide bonds. The summed E-state index contributed by atoms with van der Waals surface area (Å²) in [5, 5.41) is 0. The predicted molar refractivity (Wildman–Crippen MR) is 42.5 cm³/mol. The summed E-state index contributed by atoms with van der Waals surface area (Å²) in [6.45, 7) is 0. The van der Waals surface area contributed by atoms with Gasteiger partial charge in [-0.25, -0.2) is 0 Å². The fourth-order valence-corrected chi connectivity index (χ4v) is 0. The maximum absolute atomic E-state index is 0. The molecule has 0 aliphatic heterocycles. The summed E-state index contributed by atoms with van der Waals surface area (Å²) in [4.78, 5) is 0. The van der Waals surface area contributed by atoms with E-state index in [0.717, 1.165) is 0 Å². The molecule has 0 saturated heterocycles. The Morgan fingerprint density at radius 1 is 0.200 bits per heavy atom. The third-order valence-corrected chi connectivity index (χ3v) is 0. The Morgan fingerprint density at radius 3 is 0.200 bits per heavy atom. The van der Waals surface area contributed by atoms with Gasteiger partial charge < -0.3 is 49.3 Å². The fraction of sp³-hybridized carbons (Fsp3) is 0. The van der Waals surface area contributed by atoms with E-state index in [2.05, 4.69) is 0 Å². The van der Waals surface area contributed by atoms with Crippen LogP contribution in [-0.2, 0) is 0 Å². The van der Waals surface area contributed by atoms with Crippen LogP contribution in [0.2, 0.25) is 0 Å². The van der Waals surface area contributed by atoms with E-state index in [-0.39, 0.29) is 69.1 Å². The van der Waals surface area contributed by atoms with Crippen molar-refractivity contribution < 1.29 is 49.3 Å². The summed E-state index contributed by atoms with van der Waals surface area (Å²) in [5.74, 6) is 0. The van der Waals surface area contributed by atoms with Crippen LogP contribution in [0.5, 0.6) is 0 Å². The van der Waals surface area contributed by atoms with Crippen molar-refractivity contribution in [2.45, 2.75) is 0 Å². The first-order valence-corrected chi connectivity index (χ1v) is 0. The van der Waals surface area contributed by atoms with Gasteiger partial charge in [-0.05, 0) is 0 Å². The van der Waals surface area contributed by atoms with Crippen molar-refractivity contribution in [2.24, 2.45) is 0 Å². The average Bonchev–Trinajstić information content (AvgIpc) is 0. The first-order valence-electron chi connectivity index (χ1n) is 0. The van der Waals surface area contributed by atoms with Gasteiger partial charge >= 0.3 is 19.8 Å². The monoisotopic (exact) mass is 234 g/mol. The molecule has 0 spiro atoms. The zero-order valence-electron chi connectivity index (χ0n) is 4.50. The van der Waals surface area contributed by atoms with Gasteiger partial charge in [-0.2, -0.15) is 0 Å². The van der Waals surface area contributed by atoms with Gasteiger partial charge in [0.25, 0.3) is 0 Å². The van der Waals surface area contributed by atoms with Crippen molar-refractivity contribution in [2.75, 3.05) is 0 Å². The predicted octanol–water partition coefficient (Wildman–Crippen LogP) is -8.61. The Labute approximate surface area is 69.9 Å². The van der Waals surface area contributed by atoms with Crippen LogP contribution >= 0.6 is 0 Å². The molecule has 9 nitrogen and oxygen atoms in total. The van der Waals surface area contributed by atoms with E-state index in [1.165, 1.54) is 0 Å². The molecule has 10 heavy (non-hydrogen) atoms. The van der Waals surface area contributed by atoms with Crippen LogP contribution in [-0.4, -0.2) is 69.1 Å². The first-order chi connectivity index (χ1) is 0. The van der Waals surface area contributed by atoms with Gasteiger partial charge in [0.15, 0.2) is 0 Å². The summed E-state index contributed by atoms with van der Waals surface area (Å²) in [6.07, 6.45) is 0. The summed E-state index contributed by atoms with van der Waals surface area (Å²) in [7, 11) is 0. The molecule has 0 aliphatic rings. The van der Waals surface area contributed by atoms with E-state index < -0.39 is 0 Å². The van der Waals surface area contributed by atoms with Gasteiger partial charge in [0.2, 0.25) is 0 Å². The molecular weight excluding hydrogens is 214 g/mol. The number of hydrogen-bond donors (Lipinski definition) is 0. The summed E-state index contributed by atoms with van der Waals surface area (Å²) in [5.41, 5.74) is 0. The molecule has 0 rings (SSSR count). The minimum atomic E-state index is 0. The number of hydrogen-bond acceptors (Lipinski definition) is 0. The molecule has 18 N–H and O–H groups in total. The third-order valence-electron chi connectivity index (χ3n) is 0. The SMILES string of the molecule is O.O.O.O.O.O.O.O.O.[GaH3]. The van der Waals surface area contributed by atoms with Gasteiger partial charge in [0, 0.05) is 0 Å². The second kappa shape index (κ2) is 8320. The van der Waals surface area contributed by atoms with Crippen molar-refractivity contribution >= 4 is 19.8 Å². The number of rotatable bonds is 0. The van der Waals surface area contributed by atoms with Gasteiger partial charge in [0.05, 0.1) is 0 Å². The van der Waals surface area contributed by atoms with Gasteiger partial charge in [0.1, 0.15) is 0 Å². The molecular formula is H21GaO9. The Balaban J connectivity index is 0. The molecule has 78 valence electrons. The van der Waals surface area contributed by atoms with Crippen molar-refractivity contribution in [1.82, 2.24) is 0 Å². The maximum atomic E-state index is 0. The van der Waals surface area contributed by atoms with Crippen LogP contribution in [0.1, 0.15) is 0 Å². The van der Waals surface area contributed by atoms with Crippen LogP contribution < -0.4 is 0 Å². The quantitative estimate of drug-likeness (QED) is 0.353. The average molecular weight is 235 g/mol. The van der Waals surface area contributed by atoms with Crippen LogP contribution in [0.25, 0.3) is 0 Å². The van der Waals surface area contributed by atoms with Gasteiger partial charge in [-0.15, -0.1) is 0 Å². The van der Waals surface area contributed by atoms with Crippen molar-refractivity contribution in [3.63, 3.8) is 0 Å².